The van der Waals surface area contributed by atoms with Crippen LogP contribution < -0.4 is 15.8 Å². The maximum Gasteiger partial charge on any atom is 0.433 e. The van der Waals surface area contributed by atoms with E-state index in [1.807, 2.05) is 0 Å². The summed E-state index contributed by atoms with van der Waals surface area (Å²) in [7, 11) is -2.50. The largest absolute Gasteiger partial charge is 0.439 e. The van der Waals surface area contributed by atoms with Crippen LogP contribution in [-0.4, -0.2) is 31.6 Å². The van der Waals surface area contributed by atoms with E-state index in [0.29, 0.717) is 0 Å². The summed E-state index contributed by atoms with van der Waals surface area (Å²) in [5, 5.41) is 2.55. The molecule has 7 nitrogen and oxygen atoms in total. The van der Waals surface area contributed by atoms with Crippen molar-refractivity contribution in [1.82, 2.24) is 10.3 Å². The van der Waals surface area contributed by atoms with Gasteiger partial charge in [-0.1, -0.05) is 6.07 Å². The zero-order valence-electron chi connectivity index (χ0n) is 14.5. The van der Waals surface area contributed by atoms with Crippen LogP contribution in [0.3, 0.4) is 0 Å². The van der Waals surface area contributed by atoms with Crippen molar-refractivity contribution in [3.8, 4) is 11.6 Å². The molecule has 0 atom stereocenters. The topological polar surface area (TPSA) is 111 Å². The third-order valence-electron chi connectivity index (χ3n) is 3.51. The third kappa shape index (κ3) is 6.50. The number of nitrogens with zero attached hydrogens (tertiary/aromatic N) is 1. The Morgan fingerprint density at radius 3 is 2.61 bits per heavy atom. The van der Waals surface area contributed by atoms with Gasteiger partial charge in [0.25, 0.3) is 5.91 Å². The lowest BCUT2D eigenvalue weighted by atomic mass is 10.2. The maximum atomic E-state index is 12.9. The lowest BCUT2D eigenvalue weighted by Gasteiger charge is -2.12. The third-order valence-corrected chi connectivity index (χ3v) is 4.19. The van der Waals surface area contributed by atoms with Gasteiger partial charge in [0.15, 0.2) is 0 Å². The van der Waals surface area contributed by atoms with E-state index in [-0.39, 0.29) is 48.0 Å². The summed E-state index contributed by atoms with van der Waals surface area (Å²) >= 11 is 0. The van der Waals surface area contributed by atoms with Crippen molar-refractivity contribution in [2.24, 2.45) is 5.73 Å². The van der Waals surface area contributed by atoms with Gasteiger partial charge in [0.2, 0.25) is 5.88 Å². The first kappa shape index (κ1) is 21.6. The molecule has 1 aromatic carbocycles. The molecule has 0 aliphatic carbocycles. The lowest BCUT2D eigenvalue weighted by molar-refractivity contribution is -0.141. The summed E-state index contributed by atoms with van der Waals surface area (Å²) in [6.45, 7) is 0.0432. The lowest BCUT2D eigenvalue weighted by Crippen LogP contribution is -2.25. The summed E-state index contributed by atoms with van der Waals surface area (Å²) in [4.78, 5) is 15.5. The zero-order valence-corrected chi connectivity index (χ0v) is 15.4. The molecule has 3 N–H and O–H groups in total. The van der Waals surface area contributed by atoms with E-state index < -0.39 is 28.5 Å². The SMILES string of the molecule is NCc1cc(Oc2cccc(C(=O)NCCC[SH](=O)=O)c2)nc(C(F)(F)F)c1. The average Bonchev–Trinajstić information content (AvgIpc) is 2.64. The molecule has 0 saturated heterocycles. The van der Waals surface area contributed by atoms with E-state index in [4.69, 9.17) is 10.5 Å². The van der Waals surface area contributed by atoms with E-state index >= 15 is 0 Å². The highest BCUT2D eigenvalue weighted by Gasteiger charge is 2.33. The molecule has 152 valence electrons. The summed E-state index contributed by atoms with van der Waals surface area (Å²) in [5.41, 5.74) is 4.70. The predicted octanol–water partition coefficient (Wildman–Crippen LogP) is 2.08. The first-order valence-electron chi connectivity index (χ1n) is 8.15. The van der Waals surface area contributed by atoms with Gasteiger partial charge in [0.1, 0.15) is 22.1 Å². The number of rotatable bonds is 8. The number of carbonyl (C=O) groups is 1. The molecule has 0 bridgehead atoms. The van der Waals surface area contributed by atoms with Gasteiger partial charge >= 0.3 is 6.18 Å². The Morgan fingerprint density at radius 2 is 1.96 bits per heavy atom. The molecular formula is C17H18F3N3O4S. The van der Waals surface area contributed by atoms with Crippen LogP contribution in [-0.2, 0) is 23.4 Å². The number of hydrogen-bond acceptors (Lipinski definition) is 6. The van der Waals surface area contributed by atoms with E-state index in [2.05, 4.69) is 10.3 Å². The molecule has 0 aliphatic heterocycles. The molecule has 0 aliphatic rings. The van der Waals surface area contributed by atoms with E-state index in [1.165, 1.54) is 30.3 Å². The van der Waals surface area contributed by atoms with Crippen molar-refractivity contribution >= 4 is 16.6 Å². The molecule has 2 rings (SSSR count). The minimum absolute atomic E-state index is 0.0382. The summed E-state index contributed by atoms with van der Waals surface area (Å²) in [6, 6.07) is 7.91. The average molecular weight is 417 g/mol. The number of nitrogens with two attached hydrogens (primary N) is 1. The summed E-state index contributed by atoms with van der Waals surface area (Å²) < 4.78 is 65.2. The molecule has 11 heteroatoms. The fraction of sp³-hybridized carbons (Fsp3) is 0.294. The van der Waals surface area contributed by atoms with Crippen molar-refractivity contribution in [2.45, 2.75) is 19.1 Å². The Morgan fingerprint density at radius 1 is 1.21 bits per heavy atom. The quantitative estimate of drug-likeness (QED) is 0.448. The summed E-state index contributed by atoms with van der Waals surface area (Å²) in [5.74, 6) is -0.688. The highest BCUT2D eigenvalue weighted by molar-refractivity contribution is 7.72. The van der Waals surface area contributed by atoms with Crippen LogP contribution in [0.1, 0.15) is 28.0 Å². The molecule has 0 unspecified atom stereocenters. The van der Waals surface area contributed by atoms with Gasteiger partial charge in [0, 0.05) is 30.5 Å². The van der Waals surface area contributed by atoms with Gasteiger partial charge < -0.3 is 15.8 Å². The molecule has 0 fully saturated rings. The van der Waals surface area contributed by atoms with Crippen molar-refractivity contribution in [1.29, 1.82) is 0 Å². The van der Waals surface area contributed by atoms with Gasteiger partial charge in [0.05, 0.1) is 0 Å². The normalized spacial score (nSPS) is 11.5. The van der Waals surface area contributed by atoms with Crippen molar-refractivity contribution in [3.63, 3.8) is 0 Å². The second-order valence-corrected chi connectivity index (χ2v) is 6.81. The van der Waals surface area contributed by atoms with Crippen molar-refractivity contribution in [3.05, 3.63) is 53.2 Å². The van der Waals surface area contributed by atoms with Crippen molar-refractivity contribution in [2.75, 3.05) is 12.3 Å². The predicted molar refractivity (Wildman–Crippen MR) is 95.8 cm³/mol. The highest BCUT2D eigenvalue weighted by atomic mass is 32.2. The van der Waals surface area contributed by atoms with E-state index in [0.717, 1.165) is 6.07 Å². The Hall–Kier alpha value is -2.66. The monoisotopic (exact) mass is 417 g/mol. The minimum atomic E-state index is -4.65. The fourth-order valence-corrected chi connectivity index (χ4v) is 2.62. The number of nitrogens with one attached hydrogen (secondary N) is 1. The molecule has 1 aromatic heterocycles. The van der Waals surface area contributed by atoms with Crippen LogP contribution in [0.5, 0.6) is 11.6 Å². The zero-order chi connectivity index (χ0) is 20.7. The van der Waals surface area contributed by atoms with Crippen LogP contribution in [0.2, 0.25) is 0 Å². The Kier molecular flexibility index (Phi) is 7.35. The highest BCUT2D eigenvalue weighted by Crippen LogP contribution is 2.31. The van der Waals surface area contributed by atoms with Gasteiger partial charge in [-0.05, 0) is 36.2 Å². The number of amides is 1. The number of pyridine rings is 1. The molecule has 0 spiro atoms. The van der Waals surface area contributed by atoms with E-state index in [1.54, 1.807) is 0 Å². The molecule has 28 heavy (non-hydrogen) atoms. The summed E-state index contributed by atoms with van der Waals surface area (Å²) in [6.07, 6.45) is -4.38. The van der Waals surface area contributed by atoms with E-state index in [9.17, 15) is 26.4 Å². The van der Waals surface area contributed by atoms with Crippen LogP contribution >= 0.6 is 0 Å². The number of benzene rings is 1. The van der Waals surface area contributed by atoms with Crippen LogP contribution in [0.4, 0.5) is 13.2 Å². The molecule has 1 amide bonds. The molecule has 0 radical (unpaired) electrons. The van der Waals surface area contributed by atoms with Crippen LogP contribution in [0.25, 0.3) is 0 Å². The van der Waals surface area contributed by atoms with Crippen molar-refractivity contribution < 1.29 is 31.1 Å². The van der Waals surface area contributed by atoms with Crippen LogP contribution in [0, 0.1) is 0 Å². The van der Waals surface area contributed by atoms with Gasteiger partial charge in [-0.15, -0.1) is 0 Å². The Bertz CT molecular complexity index is 909. The molecule has 2 aromatic rings. The molecule has 1 heterocycles. The van der Waals surface area contributed by atoms with Crippen LogP contribution in [0.15, 0.2) is 36.4 Å². The van der Waals surface area contributed by atoms with Gasteiger partial charge in [-0.25, -0.2) is 13.4 Å². The maximum absolute atomic E-state index is 12.9. The number of alkyl halides is 3. The fourth-order valence-electron chi connectivity index (χ4n) is 2.21. The number of ether oxygens (including phenoxy) is 1. The number of halogens is 3. The molecule has 0 saturated carbocycles. The standard InChI is InChI=1S/C17H18F3N3O4S/c18-17(19,20)14-7-11(10-21)8-15(23-14)27-13-4-1-3-12(9-13)16(24)22-5-2-6-28(25)26/h1,3-4,7-9,28H,2,5-6,10,21H2,(H,22,24). The Balaban J connectivity index is 2.13. The second-order valence-electron chi connectivity index (χ2n) is 5.70. The Labute approximate surface area is 160 Å². The smallest absolute Gasteiger partial charge is 0.433 e. The first-order valence-corrected chi connectivity index (χ1v) is 9.51. The number of thiol groups is 1. The van der Waals surface area contributed by atoms with Gasteiger partial charge in [-0.2, -0.15) is 13.2 Å². The van der Waals surface area contributed by atoms with Gasteiger partial charge in [-0.3, -0.25) is 4.79 Å². The number of carbonyl (C=O) groups excluding carboxylic acids is 1. The number of hydrogen-bond donors (Lipinski definition) is 3. The molecular weight excluding hydrogens is 399 g/mol. The minimum Gasteiger partial charge on any atom is -0.439 e. The second kappa shape index (κ2) is 9.51. The number of aromatic nitrogens is 1. The first-order chi connectivity index (χ1) is 13.2.